The van der Waals surface area contributed by atoms with Crippen LogP contribution in [0, 0.1) is 10.8 Å². The summed E-state index contributed by atoms with van der Waals surface area (Å²) in [7, 11) is 0. The summed E-state index contributed by atoms with van der Waals surface area (Å²) in [5, 5.41) is 19.0. The third-order valence-electron chi connectivity index (χ3n) is 1.04. The number of nitrogens with two attached hydrogens (primary N) is 2. The molecule has 0 spiro atoms. The van der Waals surface area contributed by atoms with Crippen molar-refractivity contribution in [2.24, 2.45) is 11.5 Å². The van der Waals surface area contributed by atoms with Crippen LogP contribution in [0.2, 0.25) is 0 Å². The molecule has 0 radical (unpaired) electrons. The molecule has 0 amide bonds. The monoisotopic (exact) mass is 218 g/mol. The van der Waals surface area contributed by atoms with Crippen LogP contribution in [0.25, 0.3) is 0 Å². The number of rotatable bonds is 4. The Morgan fingerprint density at radius 3 is 1.87 bits per heavy atom. The molecule has 0 aromatic heterocycles. The molecule has 8 nitrogen and oxygen atoms in total. The second kappa shape index (κ2) is 18.0. The first-order valence-electron chi connectivity index (χ1n) is 3.77. The van der Waals surface area contributed by atoms with E-state index in [1.54, 1.807) is 0 Å². The van der Waals surface area contributed by atoms with Gasteiger partial charge in [-0.25, -0.2) is 20.4 Å². The van der Waals surface area contributed by atoms with Crippen LogP contribution in [0.4, 0.5) is 0 Å². The Labute approximate surface area is 86.3 Å². The molecule has 0 fully saturated rings. The summed E-state index contributed by atoms with van der Waals surface area (Å²) in [4.78, 5) is 26.7. The van der Waals surface area contributed by atoms with Crippen LogP contribution in [0.1, 0.15) is 12.8 Å². The maximum Gasteiger partial charge on any atom is 0.320 e. The van der Waals surface area contributed by atoms with Gasteiger partial charge in [0.25, 0.3) is 0 Å². The fourth-order valence-corrected chi connectivity index (χ4v) is 0.461. The lowest BCUT2D eigenvalue weighted by Gasteiger charge is -2.02. The van der Waals surface area contributed by atoms with Gasteiger partial charge in [-0.2, -0.15) is 0 Å². The van der Waals surface area contributed by atoms with E-state index in [1.807, 2.05) is 0 Å². The normalized spacial score (nSPS) is 8.93. The lowest BCUT2D eigenvalue weighted by atomic mass is 10.2. The van der Waals surface area contributed by atoms with Crippen molar-refractivity contribution in [1.82, 2.24) is 0 Å². The minimum atomic E-state index is -0.955. The van der Waals surface area contributed by atoms with Crippen molar-refractivity contribution in [2.75, 3.05) is 6.54 Å². The van der Waals surface area contributed by atoms with Crippen molar-refractivity contribution in [3.63, 3.8) is 0 Å². The molecular formula is C7H14N4O4. The molecule has 8 heteroatoms. The van der Waals surface area contributed by atoms with E-state index in [2.05, 4.69) is 0 Å². The largest absolute Gasteiger partial charge is 0.480 e. The van der Waals surface area contributed by atoms with Gasteiger partial charge in [0.15, 0.2) is 0 Å². The molecule has 0 saturated heterocycles. The Bertz CT molecular complexity index is 207. The average Bonchev–Trinajstić information content (AvgIpc) is 2.16. The number of carbonyl (C=O) groups is 1. The Kier molecular flexibility index (Phi) is 22.7. The van der Waals surface area contributed by atoms with Gasteiger partial charge in [-0.05, 0) is 19.4 Å². The predicted octanol–water partition coefficient (Wildman–Crippen LogP) is -1.06. The number of carboxylic acids is 1. The van der Waals surface area contributed by atoms with Crippen LogP contribution in [0.15, 0.2) is 0 Å². The fraction of sp³-hybridized carbons (Fsp3) is 0.571. The summed E-state index contributed by atoms with van der Waals surface area (Å²) in [5.74, 6) is -0.955. The van der Waals surface area contributed by atoms with Gasteiger partial charge in [0.1, 0.15) is 6.04 Å². The van der Waals surface area contributed by atoms with Gasteiger partial charge < -0.3 is 16.6 Å². The number of aliphatic carboxylic acids is 1. The standard InChI is InChI=1S/C5H12N2O2.2CHNO/c6-3-1-2-4(7)5(8)9;2*2-1-3/h4H,1-3,6-7H2,(H,8,9);2*2H. The zero-order valence-corrected chi connectivity index (χ0v) is 8.03. The highest BCUT2D eigenvalue weighted by Gasteiger charge is 2.08. The molecule has 0 aromatic rings. The second-order valence-corrected chi connectivity index (χ2v) is 2.08. The first-order chi connectivity index (χ1) is 7.01. The minimum Gasteiger partial charge on any atom is -0.480 e. The highest BCUT2D eigenvalue weighted by molar-refractivity contribution is 5.72. The highest BCUT2D eigenvalue weighted by atomic mass is 16.4. The Morgan fingerprint density at radius 1 is 1.33 bits per heavy atom. The first kappa shape index (κ1) is 18.8. The zero-order chi connectivity index (χ0) is 12.7. The number of carboxylic acid groups (broad SMARTS) is 1. The molecule has 15 heavy (non-hydrogen) atoms. The Morgan fingerprint density at radius 2 is 1.67 bits per heavy atom. The number of hydrogen-bond acceptors (Lipinski definition) is 7. The summed E-state index contributed by atoms with van der Waals surface area (Å²) < 4.78 is 0. The van der Waals surface area contributed by atoms with Gasteiger partial charge in [-0.15, -0.1) is 0 Å². The Hall–Kier alpha value is -1.85. The van der Waals surface area contributed by atoms with Crippen LogP contribution in [-0.4, -0.2) is 35.8 Å². The van der Waals surface area contributed by atoms with Crippen molar-refractivity contribution in [3.05, 3.63) is 0 Å². The first-order valence-corrected chi connectivity index (χ1v) is 3.77. The second-order valence-electron chi connectivity index (χ2n) is 2.08. The lowest BCUT2D eigenvalue weighted by molar-refractivity contribution is -0.138. The molecule has 0 bridgehead atoms. The van der Waals surface area contributed by atoms with Gasteiger partial charge in [0.05, 0.1) is 0 Å². The quantitative estimate of drug-likeness (QED) is 0.297. The molecule has 0 aromatic carbocycles. The van der Waals surface area contributed by atoms with Gasteiger partial charge in [0.2, 0.25) is 12.2 Å². The van der Waals surface area contributed by atoms with E-state index >= 15 is 0 Å². The number of hydrogen-bond donors (Lipinski definition) is 5. The van der Waals surface area contributed by atoms with Crippen molar-refractivity contribution in [3.8, 4) is 0 Å². The van der Waals surface area contributed by atoms with Crippen LogP contribution in [0.5, 0.6) is 0 Å². The predicted molar refractivity (Wildman–Crippen MR) is 50.7 cm³/mol. The zero-order valence-electron chi connectivity index (χ0n) is 8.03. The van der Waals surface area contributed by atoms with E-state index in [-0.39, 0.29) is 0 Å². The van der Waals surface area contributed by atoms with E-state index in [4.69, 9.17) is 37.0 Å². The number of nitrogens with one attached hydrogen (secondary N) is 2. The van der Waals surface area contributed by atoms with E-state index in [1.165, 1.54) is 0 Å². The van der Waals surface area contributed by atoms with E-state index in [0.29, 0.717) is 19.4 Å². The summed E-state index contributed by atoms with van der Waals surface area (Å²) >= 11 is 0. The third kappa shape index (κ3) is 33.1. The Balaban J connectivity index is -0.000000200. The maximum atomic E-state index is 10.0. The SMILES string of the molecule is N=C=O.N=C=O.NCCCC(N)C(=O)O. The van der Waals surface area contributed by atoms with Crippen molar-refractivity contribution >= 4 is 18.1 Å². The summed E-state index contributed by atoms with van der Waals surface area (Å²) in [5.41, 5.74) is 10.3. The lowest BCUT2D eigenvalue weighted by Crippen LogP contribution is -2.30. The van der Waals surface area contributed by atoms with Crippen LogP contribution >= 0.6 is 0 Å². The maximum absolute atomic E-state index is 10.0. The van der Waals surface area contributed by atoms with Crippen molar-refractivity contribution < 1.29 is 19.5 Å². The summed E-state index contributed by atoms with van der Waals surface area (Å²) in [6, 6.07) is -0.742. The van der Waals surface area contributed by atoms with Crippen LogP contribution < -0.4 is 11.5 Å². The highest BCUT2D eigenvalue weighted by Crippen LogP contribution is 1.91. The molecule has 0 saturated carbocycles. The molecule has 86 valence electrons. The molecule has 1 unspecified atom stereocenters. The van der Waals surface area contributed by atoms with Gasteiger partial charge in [-0.3, -0.25) is 4.79 Å². The van der Waals surface area contributed by atoms with Gasteiger partial charge in [-0.1, -0.05) is 0 Å². The molecule has 0 aliphatic heterocycles. The molecular weight excluding hydrogens is 204 g/mol. The van der Waals surface area contributed by atoms with E-state index < -0.39 is 12.0 Å². The van der Waals surface area contributed by atoms with Crippen LogP contribution in [-0.2, 0) is 14.4 Å². The van der Waals surface area contributed by atoms with Gasteiger partial charge in [0, 0.05) is 0 Å². The summed E-state index contributed by atoms with van der Waals surface area (Å²) in [6.45, 7) is 0.501. The number of carbonyl (C=O) groups excluding carboxylic acids is 2. The van der Waals surface area contributed by atoms with Crippen LogP contribution in [0.3, 0.4) is 0 Å². The molecule has 0 heterocycles. The smallest absolute Gasteiger partial charge is 0.320 e. The number of isocyanates is 2. The molecule has 1 atom stereocenters. The summed E-state index contributed by atoms with van der Waals surface area (Å²) in [6.07, 6.45) is 2.64. The molecule has 0 aliphatic rings. The topological polar surface area (TPSA) is 171 Å². The third-order valence-corrected chi connectivity index (χ3v) is 1.04. The molecule has 0 rings (SSSR count). The van der Waals surface area contributed by atoms with E-state index in [0.717, 1.165) is 12.2 Å². The van der Waals surface area contributed by atoms with E-state index in [9.17, 15) is 4.79 Å². The molecule has 7 N–H and O–H groups in total. The van der Waals surface area contributed by atoms with Gasteiger partial charge >= 0.3 is 5.97 Å². The molecule has 0 aliphatic carbocycles. The van der Waals surface area contributed by atoms with Crippen molar-refractivity contribution in [1.29, 1.82) is 10.8 Å². The van der Waals surface area contributed by atoms with Crippen molar-refractivity contribution in [2.45, 2.75) is 18.9 Å². The minimum absolute atomic E-state index is 0.464. The average molecular weight is 218 g/mol. The fourth-order valence-electron chi connectivity index (χ4n) is 0.461.